The number of nitrogens with zero attached hydrogens (tertiary/aromatic N) is 1. The van der Waals surface area contributed by atoms with Gasteiger partial charge in [-0.05, 0) is 5.92 Å². The Morgan fingerprint density at radius 3 is 2.07 bits per heavy atom. The van der Waals surface area contributed by atoms with Crippen molar-refractivity contribution >= 4 is 11.9 Å². The monoisotopic (exact) mass is 215 g/mol. The van der Waals surface area contributed by atoms with Gasteiger partial charge in [-0.3, -0.25) is 9.59 Å². The second-order valence-electron chi connectivity index (χ2n) is 4.29. The molecule has 0 rings (SSSR count). The zero-order chi connectivity index (χ0) is 12.0. The van der Waals surface area contributed by atoms with Gasteiger partial charge in [0.1, 0.15) is 0 Å². The average molecular weight is 215 g/mol. The van der Waals surface area contributed by atoms with E-state index in [-0.39, 0.29) is 5.91 Å². The highest BCUT2D eigenvalue weighted by molar-refractivity contribution is 5.77. The summed E-state index contributed by atoms with van der Waals surface area (Å²) < 4.78 is 0. The Kier molecular flexibility index (Phi) is 5.97. The van der Waals surface area contributed by atoms with Crippen molar-refractivity contribution in [3.05, 3.63) is 0 Å². The van der Waals surface area contributed by atoms with Crippen LogP contribution in [0.25, 0.3) is 0 Å². The molecule has 4 nitrogen and oxygen atoms in total. The van der Waals surface area contributed by atoms with E-state index in [1.807, 2.05) is 13.8 Å². The van der Waals surface area contributed by atoms with Gasteiger partial charge in [-0.25, -0.2) is 0 Å². The van der Waals surface area contributed by atoms with Gasteiger partial charge in [0, 0.05) is 19.5 Å². The van der Waals surface area contributed by atoms with E-state index in [9.17, 15) is 9.59 Å². The van der Waals surface area contributed by atoms with Gasteiger partial charge in [-0.15, -0.1) is 0 Å². The summed E-state index contributed by atoms with van der Waals surface area (Å²) in [5.74, 6) is -0.967. The molecule has 0 saturated heterocycles. The minimum Gasteiger partial charge on any atom is -0.481 e. The predicted octanol–water partition coefficient (Wildman–Crippen LogP) is 1.60. The standard InChI is InChI=1S/C11H21NO3/c1-5-10(13)12(6-8(2)3)7-9(4)11(14)15/h8-9H,5-7H2,1-4H3,(H,14,15). The molecule has 4 heteroatoms. The van der Waals surface area contributed by atoms with Crippen LogP contribution in [0, 0.1) is 11.8 Å². The van der Waals surface area contributed by atoms with Crippen LogP contribution < -0.4 is 0 Å². The van der Waals surface area contributed by atoms with Crippen LogP contribution in [-0.2, 0) is 9.59 Å². The fraction of sp³-hybridized carbons (Fsp3) is 0.818. The molecule has 0 aliphatic carbocycles. The molecule has 0 bridgehead atoms. The van der Waals surface area contributed by atoms with E-state index in [4.69, 9.17) is 5.11 Å². The van der Waals surface area contributed by atoms with Crippen molar-refractivity contribution in [3.63, 3.8) is 0 Å². The van der Waals surface area contributed by atoms with Gasteiger partial charge in [0.05, 0.1) is 5.92 Å². The Labute approximate surface area is 91.3 Å². The lowest BCUT2D eigenvalue weighted by Gasteiger charge is -2.25. The predicted molar refractivity (Wildman–Crippen MR) is 58.5 cm³/mol. The molecule has 0 heterocycles. The number of rotatable bonds is 6. The zero-order valence-electron chi connectivity index (χ0n) is 9.99. The Morgan fingerprint density at radius 2 is 1.73 bits per heavy atom. The second kappa shape index (κ2) is 6.43. The molecule has 0 radical (unpaired) electrons. The molecule has 0 spiro atoms. The summed E-state index contributed by atoms with van der Waals surface area (Å²) in [6.07, 6.45) is 0.430. The zero-order valence-corrected chi connectivity index (χ0v) is 9.99. The fourth-order valence-electron chi connectivity index (χ4n) is 1.35. The van der Waals surface area contributed by atoms with Crippen LogP contribution in [0.1, 0.15) is 34.1 Å². The van der Waals surface area contributed by atoms with Gasteiger partial charge >= 0.3 is 5.97 Å². The molecule has 0 aromatic rings. The first kappa shape index (κ1) is 13.9. The number of hydrogen-bond donors (Lipinski definition) is 1. The van der Waals surface area contributed by atoms with Gasteiger partial charge < -0.3 is 10.0 Å². The normalized spacial score (nSPS) is 12.6. The van der Waals surface area contributed by atoms with Crippen molar-refractivity contribution in [2.24, 2.45) is 11.8 Å². The van der Waals surface area contributed by atoms with Crippen LogP contribution in [-0.4, -0.2) is 35.0 Å². The van der Waals surface area contributed by atoms with E-state index in [0.29, 0.717) is 25.4 Å². The van der Waals surface area contributed by atoms with Crippen LogP contribution >= 0.6 is 0 Å². The molecule has 0 saturated carbocycles. The maximum absolute atomic E-state index is 11.5. The number of carbonyl (C=O) groups excluding carboxylic acids is 1. The van der Waals surface area contributed by atoms with Crippen molar-refractivity contribution in [2.45, 2.75) is 34.1 Å². The third-order valence-electron chi connectivity index (χ3n) is 2.16. The number of carboxylic acid groups (broad SMARTS) is 1. The quantitative estimate of drug-likeness (QED) is 0.732. The fourth-order valence-corrected chi connectivity index (χ4v) is 1.35. The summed E-state index contributed by atoms with van der Waals surface area (Å²) in [5, 5.41) is 8.78. The Morgan fingerprint density at radius 1 is 1.20 bits per heavy atom. The summed E-state index contributed by atoms with van der Waals surface area (Å²) in [4.78, 5) is 23.9. The van der Waals surface area contributed by atoms with E-state index in [1.165, 1.54) is 0 Å². The third kappa shape index (κ3) is 5.40. The summed E-state index contributed by atoms with van der Waals surface area (Å²) in [6, 6.07) is 0. The first-order valence-electron chi connectivity index (χ1n) is 5.39. The van der Waals surface area contributed by atoms with E-state index in [2.05, 4.69) is 0 Å². The van der Waals surface area contributed by atoms with E-state index >= 15 is 0 Å². The number of aliphatic carboxylic acids is 1. The minimum absolute atomic E-state index is 0.0248. The highest BCUT2D eigenvalue weighted by atomic mass is 16.4. The van der Waals surface area contributed by atoms with Crippen LogP contribution in [0.5, 0.6) is 0 Å². The maximum atomic E-state index is 11.5. The summed E-state index contributed by atoms with van der Waals surface area (Å²) in [6.45, 7) is 8.38. The van der Waals surface area contributed by atoms with E-state index in [1.54, 1.807) is 18.7 Å². The molecule has 0 fully saturated rings. The summed E-state index contributed by atoms with van der Waals surface area (Å²) in [7, 11) is 0. The topological polar surface area (TPSA) is 57.6 Å². The molecule has 0 aromatic carbocycles. The van der Waals surface area contributed by atoms with E-state index in [0.717, 1.165) is 0 Å². The van der Waals surface area contributed by atoms with Gasteiger partial charge in [0.2, 0.25) is 5.91 Å². The molecule has 15 heavy (non-hydrogen) atoms. The third-order valence-corrected chi connectivity index (χ3v) is 2.16. The molecule has 0 aromatic heterocycles. The summed E-state index contributed by atoms with van der Waals surface area (Å²) in [5.41, 5.74) is 0. The van der Waals surface area contributed by atoms with Crippen molar-refractivity contribution in [3.8, 4) is 0 Å². The Balaban J connectivity index is 4.36. The summed E-state index contributed by atoms with van der Waals surface area (Å²) >= 11 is 0. The Bertz CT molecular complexity index is 226. The highest BCUT2D eigenvalue weighted by Crippen LogP contribution is 2.06. The second-order valence-corrected chi connectivity index (χ2v) is 4.29. The Hall–Kier alpha value is -1.06. The molecule has 1 atom stereocenters. The largest absolute Gasteiger partial charge is 0.481 e. The average Bonchev–Trinajstić information content (AvgIpc) is 2.14. The first-order chi connectivity index (χ1) is 6.88. The molecule has 1 amide bonds. The maximum Gasteiger partial charge on any atom is 0.308 e. The van der Waals surface area contributed by atoms with Crippen molar-refractivity contribution in [1.29, 1.82) is 0 Å². The molecule has 88 valence electrons. The van der Waals surface area contributed by atoms with Gasteiger partial charge in [0.15, 0.2) is 0 Å². The molecule has 1 N–H and O–H groups in total. The van der Waals surface area contributed by atoms with Crippen LogP contribution in [0.3, 0.4) is 0 Å². The van der Waals surface area contributed by atoms with E-state index < -0.39 is 11.9 Å². The first-order valence-corrected chi connectivity index (χ1v) is 5.39. The molecule has 0 aliphatic rings. The van der Waals surface area contributed by atoms with Gasteiger partial charge in [-0.1, -0.05) is 27.7 Å². The lowest BCUT2D eigenvalue weighted by molar-refractivity contribution is -0.143. The van der Waals surface area contributed by atoms with Gasteiger partial charge in [-0.2, -0.15) is 0 Å². The molecular weight excluding hydrogens is 194 g/mol. The number of carbonyl (C=O) groups is 2. The molecule has 1 unspecified atom stereocenters. The lowest BCUT2D eigenvalue weighted by Crippen LogP contribution is -2.38. The van der Waals surface area contributed by atoms with Crippen LogP contribution in [0.15, 0.2) is 0 Å². The van der Waals surface area contributed by atoms with Crippen LogP contribution in [0.4, 0.5) is 0 Å². The van der Waals surface area contributed by atoms with Crippen molar-refractivity contribution < 1.29 is 14.7 Å². The highest BCUT2D eigenvalue weighted by Gasteiger charge is 2.19. The van der Waals surface area contributed by atoms with Crippen LogP contribution in [0.2, 0.25) is 0 Å². The SMILES string of the molecule is CCC(=O)N(CC(C)C)CC(C)C(=O)O. The molecular formula is C11H21NO3. The molecule has 0 aliphatic heterocycles. The number of hydrogen-bond acceptors (Lipinski definition) is 2. The van der Waals surface area contributed by atoms with Crippen molar-refractivity contribution in [2.75, 3.05) is 13.1 Å². The minimum atomic E-state index is -0.854. The number of carboxylic acids is 1. The van der Waals surface area contributed by atoms with Crippen molar-refractivity contribution in [1.82, 2.24) is 4.90 Å². The lowest BCUT2D eigenvalue weighted by atomic mass is 10.1. The smallest absolute Gasteiger partial charge is 0.308 e. The number of amides is 1. The van der Waals surface area contributed by atoms with Gasteiger partial charge in [0.25, 0.3) is 0 Å².